The molecule has 0 bridgehead atoms. The summed E-state index contributed by atoms with van der Waals surface area (Å²) in [7, 11) is 3.10. The van der Waals surface area contributed by atoms with Crippen molar-refractivity contribution in [3.8, 4) is 0 Å². The summed E-state index contributed by atoms with van der Waals surface area (Å²) in [5, 5.41) is 14.2. The number of alkyl halides is 3. The summed E-state index contributed by atoms with van der Waals surface area (Å²) in [6.45, 7) is -0.448. The van der Waals surface area contributed by atoms with E-state index < -0.39 is 29.9 Å². The zero-order valence-corrected chi connectivity index (χ0v) is 16.3. The largest absolute Gasteiger partial charge is 0.433 e. The molecule has 10 nitrogen and oxygen atoms in total. The van der Waals surface area contributed by atoms with E-state index in [4.69, 9.17) is 0 Å². The Hall–Kier alpha value is -4.03. The summed E-state index contributed by atoms with van der Waals surface area (Å²) >= 11 is 0. The van der Waals surface area contributed by atoms with Crippen LogP contribution in [0, 0.1) is 0 Å². The fourth-order valence-corrected chi connectivity index (χ4v) is 2.95. The Bertz CT molecular complexity index is 1360. The number of carbonyl (C=O) groups is 1. The van der Waals surface area contributed by atoms with Gasteiger partial charge in [-0.25, -0.2) is 9.67 Å². The van der Waals surface area contributed by atoms with Crippen molar-refractivity contribution >= 4 is 34.0 Å². The zero-order chi connectivity index (χ0) is 22.3. The number of fused-ring (bicyclic) bond motifs is 2. The minimum Gasteiger partial charge on any atom is -0.359 e. The van der Waals surface area contributed by atoms with Gasteiger partial charge in [-0.05, 0) is 24.3 Å². The molecule has 4 rings (SSSR count). The predicted molar refractivity (Wildman–Crippen MR) is 105 cm³/mol. The van der Waals surface area contributed by atoms with E-state index in [2.05, 4.69) is 25.6 Å². The van der Waals surface area contributed by atoms with E-state index in [1.165, 1.54) is 11.2 Å². The van der Waals surface area contributed by atoms with Gasteiger partial charge < -0.3 is 10.2 Å². The monoisotopic (exact) mass is 432 g/mol. The molecule has 0 aliphatic heterocycles. The average Bonchev–Trinajstić information content (AvgIpc) is 3.16. The molecule has 0 saturated heterocycles. The maximum Gasteiger partial charge on any atom is 0.433 e. The summed E-state index contributed by atoms with van der Waals surface area (Å²) in [6, 6.07) is 5.03. The lowest BCUT2D eigenvalue weighted by Crippen LogP contribution is -2.32. The van der Waals surface area contributed by atoms with E-state index in [1.54, 1.807) is 36.8 Å². The average molecular weight is 432 g/mol. The summed E-state index contributed by atoms with van der Waals surface area (Å²) in [5.41, 5.74) is -1.03. The molecule has 0 fully saturated rings. The van der Waals surface area contributed by atoms with Crippen molar-refractivity contribution in [1.82, 2.24) is 29.4 Å². The van der Waals surface area contributed by atoms with E-state index in [1.807, 2.05) is 0 Å². The fourth-order valence-electron chi connectivity index (χ4n) is 2.95. The van der Waals surface area contributed by atoms with Gasteiger partial charge in [0.1, 0.15) is 24.1 Å². The molecule has 13 heteroatoms. The number of anilines is 2. The van der Waals surface area contributed by atoms with E-state index in [0.717, 1.165) is 16.8 Å². The zero-order valence-electron chi connectivity index (χ0n) is 16.3. The van der Waals surface area contributed by atoms with Crippen LogP contribution in [0.5, 0.6) is 0 Å². The van der Waals surface area contributed by atoms with Gasteiger partial charge in [-0.3, -0.25) is 14.0 Å². The molecule has 1 amide bonds. The van der Waals surface area contributed by atoms with Crippen molar-refractivity contribution in [2.24, 2.45) is 0 Å². The minimum atomic E-state index is -4.67. The summed E-state index contributed by atoms with van der Waals surface area (Å²) in [6.07, 6.45) is -1.61. The molecule has 0 saturated carbocycles. The first-order valence-electron chi connectivity index (χ1n) is 8.89. The number of carbonyl (C=O) groups excluding carboxylic acids is 1. The van der Waals surface area contributed by atoms with Crippen molar-refractivity contribution in [2.45, 2.75) is 12.7 Å². The van der Waals surface area contributed by atoms with Gasteiger partial charge in [-0.2, -0.15) is 13.2 Å². The molecule has 0 aromatic carbocycles. The van der Waals surface area contributed by atoms with Gasteiger partial charge in [0, 0.05) is 20.3 Å². The van der Waals surface area contributed by atoms with E-state index >= 15 is 0 Å². The number of hydrogen-bond acceptors (Lipinski definition) is 7. The van der Waals surface area contributed by atoms with E-state index in [-0.39, 0.29) is 16.7 Å². The standard InChI is InChI=1S/C18H15F3N8O2/c1-27(2)16-15-11(4-5-12(24-15)18(19,20)21)17(31)29(26-16)8-14(30)23-10-3-6-13-25-22-9-28(13)7-10/h3-7,9H,8H2,1-2H3,(H,23,30). The number of halogens is 3. The molecule has 1 N–H and O–H groups in total. The van der Waals surface area contributed by atoms with Crippen LogP contribution in [0.1, 0.15) is 5.69 Å². The summed E-state index contributed by atoms with van der Waals surface area (Å²) in [5.74, 6) is -0.523. The lowest BCUT2D eigenvalue weighted by Gasteiger charge is -2.17. The number of pyridine rings is 2. The van der Waals surface area contributed by atoms with Gasteiger partial charge in [-0.15, -0.1) is 15.3 Å². The SMILES string of the molecule is CN(C)c1nn(CC(=O)Nc2ccc3nncn3c2)c(=O)c2ccc(C(F)(F)F)nc12. The molecule has 160 valence electrons. The quantitative estimate of drug-likeness (QED) is 0.521. The van der Waals surface area contributed by atoms with Crippen molar-refractivity contribution in [1.29, 1.82) is 0 Å². The Morgan fingerprint density at radius 3 is 2.68 bits per heavy atom. The highest BCUT2D eigenvalue weighted by Crippen LogP contribution is 2.30. The van der Waals surface area contributed by atoms with Crippen LogP contribution in [0.15, 0.2) is 41.6 Å². The Morgan fingerprint density at radius 2 is 1.97 bits per heavy atom. The van der Waals surface area contributed by atoms with E-state index in [0.29, 0.717) is 11.3 Å². The lowest BCUT2D eigenvalue weighted by molar-refractivity contribution is -0.141. The van der Waals surface area contributed by atoms with E-state index in [9.17, 15) is 22.8 Å². The number of rotatable bonds is 4. The number of nitrogens with zero attached hydrogens (tertiary/aromatic N) is 7. The molecule has 0 unspecified atom stereocenters. The number of aromatic nitrogens is 6. The summed E-state index contributed by atoms with van der Waals surface area (Å²) < 4.78 is 41.6. The first kappa shape index (κ1) is 20.3. The third-order valence-corrected chi connectivity index (χ3v) is 4.37. The number of hydrogen-bond donors (Lipinski definition) is 1. The molecular weight excluding hydrogens is 417 g/mol. The Kier molecular flexibility index (Phi) is 4.79. The molecule has 0 spiro atoms. The topological polar surface area (TPSA) is 110 Å². The molecule has 0 aliphatic rings. The molecule has 0 aliphatic carbocycles. The molecule has 0 radical (unpaired) electrons. The van der Waals surface area contributed by atoms with Gasteiger partial charge in [0.15, 0.2) is 11.5 Å². The minimum absolute atomic E-state index is 0.0272. The van der Waals surface area contributed by atoms with Gasteiger partial charge in [0.25, 0.3) is 5.56 Å². The highest BCUT2D eigenvalue weighted by molar-refractivity contribution is 5.91. The molecule has 31 heavy (non-hydrogen) atoms. The molecule has 4 aromatic heterocycles. The Morgan fingerprint density at radius 1 is 1.19 bits per heavy atom. The second-order valence-corrected chi connectivity index (χ2v) is 6.83. The number of nitrogens with one attached hydrogen (secondary N) is 1. The highest BCUT2D eigenvalue weighted by Gasteiger charge is 2.33. The third-order valence-electron chi connectivity index (χ3n) is 4.37. The van der Waals surface area contributed by atoms with Gasteiger partial charge in [0.2, 0.25) is 5.91 Å². The highest BCUT2D eigenvalue weighted by atomic mass is 19.4. The first-order valence-corrected chi connectivity index (χ1v) is 8.89. The van der Waals surface area contributed by atoms with Crippen LogP contribution in [-0.2, 0) is 17.5 Å². The van der Waals surface area contributed by atoms with Crippen molar-refractivity contribution in [2.75, 3.05) is 24.3 Å². The maximum absolute atomic E-state index is 13.0. The second-order valence-electron chi connectivity index (χ2n) is 6.83. The lowest BCUT2D eigenvalue weighted by atomic mass is 10.2. The van der Waals surface area contributed by atoms with Crippen LogP contribution >= 0.6 is 0 Å². The van der Waals surface area contributed by atoms with Crippen LogP contribution in [0.2, 0.25) is 0 Å². The van der Waals surface area contributed by atoms with Gasteiger partial charge in [-0.1, -0.05) is 0 Å². The fraction of sp³-hybridized carbons (Fsp3) is 0.222. The number of amides is 1. The van der Waals surface area contributed by atoms with Crippen LogP contribution in [0.3, 0.4) is 0 Å². The molecule has 4 heterocycles. The Labute approximate surface area is 171 Å². The van der Waals surface area contributed by atoms with Gasteiger partial charge in [0.05, 0.1) is 11.1 Å². The summed E-state index contributed by atoms with van der Waals surface area (Å²) in [4.78, 5) is 30.2. The molecule has 4 aromatic rings. The molecule has 0 atom stereocenters. The van der Waals surface area contributed by atoms with Gasteiger partial charge >= 0.3 is 6.18 Å². The van der Waals surface area contributed by atoms with Crippen molar-refractivity contribution in [3.05, 3.63) is 52.8 Å². The first-order chi connectivity index (χ1) is 14.6. The smallest absolute Gasteiger partial charge is 0.359 e. The van der Waals surface area contributed by atoms with Crippen molar-refractivity contribution < 1.29 is 18.0 Å². The Balaban J connectivity index is 1.68. The maximum atomic E-state index is 13.0. The van der Waals surface area contributed by atoms with Crippen LogP contribution < -0.4 is 15.8 Å². The third kappa shape index (κ3) is 3.89. The van der Waals surface area contributed by atoms with Crippen molar-refractivity contribution in [3.63, 3.8) is 0 Å². The molecular formula is C18H15F3N8O2. The van der Waals surface area contributed by atoms with Crippen LogP contribution in [0.4, 0.5) is 24.7 Å². The van der Waals surface area contributed by atoms with Crippen LogP contribution in [0.25, 0.3) is 16.6 Å². The second kappa shape index (κ2) is 7.34. The van der Waals surface area contributed by atoms with Crippen LogP contribution in [-0.4, -0.2) is 49.4 Å². The predicted octanol–water partition coefficient (Wildman–Crippen LogP) is 1.56. The normalized spacial score (nSPS) is 11.8.